The van der Waals surface area contributed by atoms with Gasteiger partial charge >= 0.3 is 0 Å². The molecule has 0 saturated carbocycles. The van der Waals surface area contributed by atoms with Crippen LogP contribution >= 0.6 is 0 Å². The Kier molecular flexibility index (Phi) is 7.42. The van der Waals surface area contributed by atoms with Gasteiger partial charge in [0.05, 0.1) is 5.58 Å². The molecular weight excluding hydrogens is 743 g/mol. The Hall–Kier alpha value is -4.44. The molecule has 0 fully saturated rings. The molecule has 0 N–H and O–H groups in total. The predicted molar refractivity (Wildman–Crippen MR) is 184 cm³/mol. The van der Waals surface area contributed by atoms with Gasteiger partial charge in [-0.1, -0.05) is 74.2 Å². The Morgan fingerprint density at radius 1 is 0.783 bits per heavy atom. The molecule has 7 aromatic rings. The van der Waals surface area contributed by atoms with Crippen LogP contribution in [-0.2, 0) is 32.9 Å². The van der Waals surface area contributed by atoms with Crippen molar-refractivity contribution in [2.24, 2.45) is 5.41 Å². The zero-order valence-electron chi connectivity index (χ0n) is 33.7. The number of rotatable bonds is 5. The van der Waals surface area contributed by atoms with Gasteiger partial charge in [0.25, 0.3) is 0 Å². The van der Waals surface area contributed by atoms with Crippen molar-refractivity contribution in [1.82, 2.24) is 15.0 Å². The van der Waals surface area contributed by atoms with Crippen LogP contribution in [0.2, 0.25) is 0 Å². The summed E-state index contributed by atoms with van der Waals surface area (Å²) in [5.41, 5.74) is 6.32. The molecule has 1 radical (unpaired) electrons. The van der Waals surface area contributed by atoms with E-state index in [1.807, 2.05) is 81.4 Å². The van der Waals surface area contributed by atoms with E-state index < -0.39 is 25.5 Å². The van der Waals surface area contributed by atoms with Crippen molar-refractivity contribution in [2.45, 2.75) is 47.3 Å². The van der Waals surface area contributed by atoms with Crippen molar-refractivity contribution in [2.75, 3.05) is 0 Å². The second-order valence-electron chi connectivity index (χ2n) is 11.8. The van der Waals surface area contributed by atoms with Gasteiger partial charge in [-0.25, -0.2) is 4.98 Å². The van der Waals surface area contributed by atoms with E-state index in [0.717, 1.165) is 33.2 Å². The first-order chi connectivity index (χ1) is 24.9. The minimum Gasteiger partial charge on any atom is -0.486 e. The van der Waals surface area contributed by atoms with Gasteiger partial charge < -0.3 is 14.4 Å². The number of aromatic nitrogens is 3. The van der Waals surface area contributed by atoms with Crippen molar-refractivity contribution in [3.8, 4) is 22.5 Å². The number of fused-ring (bicyclic) bond motifs is 3. The maximum absolute atomic E-state index is 8.50. The number of furan rings is 1. The van der Waals surface area contributed by atoms with Gasteiger partial charge in [-0.2, -0.15) is 0 Å². The molecule has 5 heteroatoms. The molecule has 0 atom stereocenters. The quantitative estimate of drug-likeness (QED) is 0.163. The fraction of sp³-hybridized carbons (Fsp3) is 0.195. The van der Waals surface area contributed by atoms with Crippen LogP contribution in [0.3, 0.4) is 0 Å². The van der Waals surface area contributed by atoms with E-state index >= 15 is 0 Å². The Bertz CT molecular complexity index is 2350. The van der Waals surface area contributed by atoms with Gasteiger partial charge in [0, 0.05) is 54.5 Å². The van der Waals surface area contributed by atoms with Crippen LogP contribution in [0.25, 0.3) is 44.6 Å². The van der Waals surface area contributed by atoms with Gasteiger partial charge in [0.15, 0.2) is 0 Å². The third-order valence-corrected chi connectivity index (χ3v) is 7.01. The van der Waals surface area contributed by atoms with E-state index in [9.17, 15) is 0 Å². The fourth-order valence-electron chi connectivity index (χ4n) is 5.01. The summed E-state index contributed by atoms with van der Waals surface area (Å²) in [7, 11) is 0. The van der Waals surface area contributed by atoms with E-state index in [1.165, 1.54) is 12.3 Å². The Morgan fingerprint density at radius 2 is 1.63 bits per heavy atom. The molecule has 0 unspecified atom stereocenters. The van der Waals surface area contributed by atoms with Gasteiger partial charge in [-0.3, -0.25) is 0 Å². The molecule has 0 aliphatic carbocycles. The molecule has 4 nitrogen and oxygen atoms in total. The topological polar surface area (TPSA) is 51.8 Å². The third-order valence-electron chi connectivity index (χ3n) is 7.01. The van der Waals surface area contributed by atoms with Crippen LogP contribution in [0.1, 0.15) is 59.7 Å². The van der Waals surface area contributed by atoms with Crippen molar-refractivity contribution < 1.29 is 35.5 Å². The van der Waals surface area contributed by atoms with Crippen molar-refractivity contribution in [3.05, 3.63) is 150 Å². The van der Waals surface area contributed by atoms with Crippen LogP contribution in [0.15, 0.2) is 114 Å². The van der Waals surface area contributed by atoms with Gasteiger partial charge in [0.2, 0.25) is 5.71 Å². The second kappa shape index (κ2) is 14.3. The molecule has 46 heavy (non-hydrogen) atoms. The SMILES string of the molecule is [2H]C([2H])([2H])c1ccc(-c2[c-]cccc2)nc1.[2H]C([2H])([2H])c1ccc2c(n1)oc1c(-c3cc(Cc4ccc(C([2H])([2H])C(C)(C)C)cc4)ccn3)[c-]ccc12.[Ir]. The summed E-state index contributed by atoms with van der Waals surface area (Å²) in [5, 5.41) is 1.56. The van der Waals surface area contributed by atoms with Gasteiger partial charge in [0.1, 0.15) is 0 Å². The van der Waals surface area contributed by atoms with Crippen LogP contribution in [0.5, 0.6) is 0 Å². The van der Waals surface area contributed by atoms with E-state index in [-0.39, 0.29) is 37.1 Å². The van der Waals surface area contributed by atoms with E-state index in [2.05, 4.69) is 27.1 Å². The second-order valence-corrected chi connectivity index (χ2v) is 11.8. The number of nitrogens with zero attached hydrogens (tertiary/aromatic N) is 3. The molecule has 0 aliphatic rings. The van der Waals surface area contributed by atoms with Crippen LogP contribution < -0.4 is 0 Å². The van der Waals surface area contributed by atoms with Gasteiger partial charge in [-0.05, 0) is 83.8 Å². The number of pyridine rings is 3. The van der Waals surface area contributed by atoms with E-state index in [4.69, 9.17) is 15.4 Å². The largest absolute Gasteiger partial charge is 0.486 e. The number of benzene rings is 3. The molecule has 7 rings (SSSR count). The Morgan fingerprint density at radius 3 is 2.35 bits per heavy atom. The monoisotopic (exact) mass is 788 g/mol. The van der Waals surface area contributed by atoms with Crippen LogP contribution in [-0.4, -0.2) is 15.0 Å². The molecule has 233 valence electrons. The summed E-state index contributed by atoms with van der Waals surface area (Å²) in [6.07, 6.45) is 2.37. The molecule has 4 heterocycles. The van der Waals surface area contributed by atoms with Crippen molar-refractivity contribution in [3.63, 3.8) is 0 Å². The summed E-state index contributed by atoms with van der Waals surface area (Å²) in [6, 6.07) is 35.5. The van der Waals surface area contributed by atoms with Crippen LogP contribution in [0.4, 0.5) is 0 Å². The molecule has 0 saturated heterocycles. The maximum atomic E-state index is 8.50. The zero-order valence-corrected chi connectivity index (χ0v) is 28.1. The normalized spacial score (nSPS) is 14.6. The predicted octanol–water partition coefficient (Wildman–Crippen LogP) is 10.2. The zero-order chi connectivity index (χ0) is 38.2. The van der Waals surface area contributed by atoms with Crippen molar-refractivity contribution >= 4 is 22.1 Å². The molecular formula is C41H37IrN3O-2. The average Bonchev–Trinajstić information content (AvgIpc) is 3.50. The van der Waals surface area contributed by atoms with E-state index in [0.29, 0.717) is 28.8 Å². The molecule has 3 aromatic carbocycles. The summed E-state index contributed by atoms with van der Waals surface area (Å²) >= 11 is 0. The summed E-state index contributed by atoms with van der Waals surface area (Å²) in [5.74, 6) is 0. The average molecular weight is 788 g/mol. The Labute approximate surface area is 296 Å². The maximum Gasteiger partial charge on any atom is 0.216 e. The van der Waals surface area contributed by atoms with Crippen LogP contribution in [0, 0.1) is 31.3 Å². The summed E-state index contributed by atoms with van der Waals surface area (Å²) in [6.45, 7) is 1.31. The first-order valence-corrected chi connectivity index (χ1v) is 14.6. The third kappa shape index (κ3) is 8.03. The molecule has 0 amide bonds. The molecule has 0 bridgehead atoms. The Balaban J connectivity index is 0.000000276. The smallest absolute Gasteiger partial charge is 0.216 e. The van der Waals surface area contributed by atoms with E-state index in [1.54, 1.807) is 36.5 Å². The standard InChI is InChI=1S/C29H27N2O.C12H10N.Ir/c1-19-8-13-24-23-6-5-7-25(27(23)32-28(24)31-19)26-17-22(14-15-30-26)16-20-9-11-21(12-10-20)18-29(2,3)4;1-10-7-8-12(13-9-10)11-5-3-2-4-6-11;/h5-6,8-15,17H,16,18H2,1-4H3;2-5,7-9H,1H3;/q2*-1;/i1D3,18D2;1D3;. The number of hydrogen-bond acceptors (Lipinski definition) is 4. The number of aryl methyl sites for hydroxylation is 2. The molecule has 4 aromatic heterocycles. The first-order valence-electron chi connectivity index (χ1n) is 18.6. The minimum atomic E-state index is -2.31. The van der Waals surface area contributed by atoms with Crippen molar-refractivity contribution in [1.29, 1.82) is 0 Å². The molecule has 0 aliphatic heterocycles. The summed E-state index contributed by atoms with van der Waals surface area (Å²) < 4.78 is 67.6. The fourth-order valence-corrected chi connectivity index (χ4v) is 5.01. The minimum absolute atomic E-state index is 0. The number of hydrogen-bond donors (Lipinski definition) is 0. The summed E-state index contributed by atoms with van der Waals surface area (Å²) in [4.78, 5) is 12.9. The first kappa shape index (κ1) is 23.8. The molecule has 0 spiro atoms. The van der Waals surface area contributed by atoms with Gasteiger partial charge in [-0.15, -0.1) is 54.1 Å².